The quantitative estimate of drug-likeness (QED) is 0.855. The molecule has 1 aromatic carbocycles. The van der Waals surface area contributed by atoms with Gasteiger partial charge in [0, 0.05) is 16.1 Å². The van der Waals surface area contributed by atoms with Crippen molar-refractivity contribution in [2.75, 3.05) is 7.05 Å². The summed E-state index contributed by atoms with van der Waals surface area (Å²) < 4.78 is 0. The number of benzene rings is 1. The second-order valence-electron chi connectivity index (χ2n) is 5.41. The Morgan fingerprint density at radius 3 is 2.67 bits per heavy atom. The lowest BCUT2D eigenvalue weighted by Gasteiger charge is -2.27. The number of nitrogens with one attached hydrogen (secondary N) is 1. The maximum absolute atomic E-state index is 6.26. The Bertz CT molecular complexity index is 405. The molecule has 3 atom stereocenters. The molecule has 100 valence electrons. The predicted molar refractivity (Wildman–Crippen MR) is 79.5 cm³/mol. The van der Waals surface area contributed by atoms with E-state index in [9.17, 15) is 0 Å². The molecular weight excluding hydrogens is 265 g/mol. The molecule has 0 aromatic heterocycles. The predicted octanol–water partition coefficient (Wildman–Crippen LogP) is 4.56. The molecule has 1 aromatic rings. The molecule has 0 radical (unpaired) electrons. The highest BCUT2D eigenvalue weighted by Gasteiger charge is 2.30. The summed E-state index contributed by atoms with van der Waals surface area (Å²) in [6, 6.07) is 6.33. The van der Waals surface area contributed by atoms with E-state index >= 15 is 0 Å². The van der Waals surface area contributed by atoms with Gasteiger partial charge in [0.1, 0.15) is 0 Å². The Hall–Kier alpha value is -0.240. The molecular formula is C15H21Cl2N. The van der Waals surface area contributed by atoms with Crippen molar-refractivity contribution < 1.29 is 0 Å². The van der Waals surface area contributed by atoms with Gasteiger partial charge in [-0.25, -0.2) is 0 Å². The third kappa shape index (κ3) is 3.20. The van der Waals surface area contributed by atoms with E-state index in [0.717, 1.165) is 23.3 Å². The third-order valence-corrected chi connectivity index (χ3v) is 4.86. The standard InChI is InChI=1S/C15H21Cl2N/c1-10-4-3-5-13(10)15(18-2)8-11-6-7-12(16)9-14(11)17/h6-7,9-10,13,15,18H,3-5,8H2,1-2H3. The summed E-state index contributed by atoms with van der Waals surface area (Å²) in [5.41, 5.74) is 1.19. The van der Waals surface area contributed by atoms with E-state index in [1.165, 1.54) is 24.8 Å². The zero-order chi connectivity index (χ0) is 13.1. The molecule has 1 nitrogen and oxygen atoms in total. The van der Waals surface area contributed by atoms with Crippen LogP contribution in [0, 0.1) is 11.8 Å². The van der Waals surface area contributed by atoms with Crippen LogP contribution in [-0.4, -0.2) is 13.1 Å². The number of hydrogen-bond acceptors (Lipinski definition) is 1. The molecule has 1 fully saturated rings. The van der Waals surface area contributed by atoms with E-state index < -0.39 is 0 Å². The van der Waals surface area contributed by atoms with Crippen LogP contribution in [0.3, 0.4) is 0 Å². The zero-order valence-electron chi connectivity index (χ0n) is 11.0. The first-order valence-corrected chi connectivity index (χ1v) is 7.48. The van der Waals surface area contributed by atoms with Crippen LogP contribution >= 0.6 is 23.2 Å². The van der Waals surface area contributed by atoms with Gasteiger partial charge in [0.2, 0.25) is 0 Å². The monoisotopic (exact) mass is 285 g/mol. The van der Waals surface area contributed by atoms with Gasteiger partial charge in [-0.2, -0.15) is 0 Å². The maximum Gasteiger partial charge on any atom is 0.0453 e. The molecule has 1 N–H and O–H groups in total. The van der Waals surface area contributed by atoms with Gasteiger partial charge in [0.05, 0.1) is 0 Å². The lowest BCUT2D eigenvalue weighted by atomic mass is 9.86. The van der Waals surface area contributed by atoms with Crippen LogP contribution in [0.4, 0.5) is 0 Å². The van der Waals surface area contributed by atoms with Gasteiger partial charge in [-0.3, -0.25) is 0 Å². The Morgan fingerprint density at radius 1 is 1.33 bits per heavy atom. The van der Waals surface area contributed by atoms with Crippen LogP contribution in [0.25, 0.3) is 0 Å². The van der Waals surface area contributed by atoms with E-state index in [-0.39, 0.29) is 0 Å². The van der Waals surface area contributed by atoms with Crippen molar-refractivity contribution in [2.45, 2.75) is 38.6 Å². The summed E-state index contributed by atoms with van der Waals surface area (Å²) >= 11 is 12.2. The second kappa shape index (κ2) is 6.27. The minimum Gasteiger partial charge on any atom is -0.316 e. The van der Waals surface area contributed by atoms with Gasteiger partial charge in [-0.05, 0) is 49.4 Å². The minimum absolute atomic E-state index is 0.515. The first-order chi connectivity index (χ1) is 8.61. The van der Waals surface area contributed by atoms with Gasteiger partial charge in [0.25, 0.3) is 0 Å². The SMILES string of the molecule is CNC(Cc1ccc(Cl)cc1Cl)C1CCCC1C. The van der Waals surface area contributed by atoms with Crippen LogP contribution in [0.2, 0.25) is 10.0 Å². The molecule has 0 saturated heterocycles. The van der Waals surface area contributed by atoms with Crippen LogP contribution in [0.1, 0.15) is 31.7 Å². The van der Waals surface area contributed by atoms with Crippen molar-refractivity contribution in [1.82, 2.24) is 5.32 Å². The maximum atomic E-state index is 6.26. The fourth-order valence-corrected chi connectivity index (χ4v) is 3.65. The first kappa shape index (κ1) is 14.2. The molecule has 3 unspecified atom stereocenters. The van der Waals surface area contributed by atoms with Crippen molar-refractivity contribution in [3.63, 3.8) is 0 Å². The highest BCUT2D eigenvalue weighted by molar-refractivity contribution is 6.35. The van der Waals surface area contributed by atoms with Crippen LogP contribution in [-0.2, 0) is 6.42 Å². The van der Waals surface area contributed by atoms with Gasteiger partial charge in [-0.1, -0.05) is 49.0 Å². The van der Waals surface area contributed by atoms with Gasteiger partial charge in [0.15, 0.2) is 0 Å². The third-order valence-electron chi connectivity index (χ3n) is 4.27. The van der Waals surface area contributed by atoms with Gasteiger partial charge >= 0.3 is 0 Å². The summed E-state index contributed by atoms with van der Waals surface area (Å²) in [6.07, 6.45) is 5.04. The number of rotatable bonds is 4. The molecule has 2 rings (SSSR count). The van der Waals surface area contributed by atoms with Gasteiger partial charge in [-0.15, -0.1) is 0 Å². The van der Waals surface area contributed by atoms with Crippen LogP contribution in [0.5, 0.6) is 0 Å². The average Bonchev–Trinajstić information content (AvgIpc) is 2.75. The Labute approximate surface area is 120 Å². The van der Waals surface area contributed by atoms with Crippen molar-refractivity contribution in [3.05, 3.63) is 33.8 Å². The molecule has 0 aliphatic heterocycles. The molecule has 0 bridgehead atoms. The van der Waals surface area contributed by atoms with E-state index in [2.05, 4.69) is 25.4 Å². The molecule has 1 aliphatic rings. The molecule has 1 aliphatic carbocycles. The summed E-state index contributed by atoms with van der Waals surface area (Å²) in [4.78, 5) is 0. The summed E-state index contributed by atoms with van der Waals surface area (Å²) in [5, 5.41) is 4.97. The van der Waals surface area contributed by atoms with Crippen molar-refractivity contribution in [3.8, 4) is 0 Å². The Balaban J connectivity index is 2.10. The number of hydrogen-bond donors (Lipinski definition) is 1. The number of halogens is 2. The van der Waals surface area contributed by atoms with E-state index in [0.29, 0.717) is 11.1 Å². The minimum atomic E-state index is 0.515. The van der Waals surface area contributed by atoms with Crippen LogP contribution < -0.4 is 5.32 Å². The molecule has 3 heteroatoms. The summed E-state index contributed by atoms with van der Waals surface area (Å²) in [7, 11) is 2.06. The van der Waals surface area contributed by atoms with Crippen molar-refractivity contribution >= 4 is 23.2 Å². The fourth-order valence-electron chi connectivity index (χ4n) is 3.16. The van der Waals surface area contributed by atoms with E-state index in [4.69, 9.17) is 23.2 Å². The molecule has 0 amide bonds. The van der Waals surface area contributed by atoms with Crippen molar-refractivity contribution in [2.24, 2.45) is 11.8 Å². The topological polar surface area (TPSA) is 12.0 Å². The van der Waals surface area contributed by atoms with Crippen molar-refractivity contribution in [1.29, 1.82) is 0 Å². The Morgan fingerprint density at radius 2 is 2.11 bits per heavy atom. The lowest BCUT2D eigenvalue weighted by Crippen LogP contribution is -2.36. The highest BCUT2D eigenvalue weighted by atomic mass is 35.5. The first-order valence-electron chi connectivity index (χ1n) is 6.73. The largest absolute Gasteiger partial charge is 0.316 e. The summed E-state index contributed by atoms with van der Waals surface area (Å²) in [5.74, 6) is 1.58. The zero-order valence-corrected chi connectivity index (χ0v) is 12.6. The molecule has 18 heavy (non-hydrogen) atoms. The fraction of sp³-hybridized carbons (Fsp3) is 0.600. The average molecular weight is 286 g/mol. The molecule has 1 saturated carbocycles. The normalized spacial score (nSPS) is 25.3. The number of likely N-dealkylation sites (N-methyl/N-ethyl adjacent to an activating group) is 1. The Kier molecular flexibility index (Phi) is 4.94. The molecule has 0 spiro atoms. The second-order valence-corrected chi connectivity index (χ2v) is 6.25. The summed E-state index contributed by atoms with van der Waals surface area (Å²) in [6.45, 7) is 2.37. The molecule has 0 heterocycles. The van der Waals surface area contributed by atoms with E-state index in [1.54, 1.807) is 0 Å². The lowest BCUT2D eigenvalue weighted by molar-refractivity contribution is 0.308. The van der Waals surface area contributed by atoms with Gasteiger partial charge < -0.3 is 5.32 Å². The smallest absolute Gasteiger partial charge is 0.0453 e. The highest BCUT2D eigenvalue weighted by Crippen LogP contribution is 2.35. The van der Waals surface area contributed by atoms with E-state index in [1.807, 2.05) is 12.1 Å². The van der Waals surface area contributed by atoms with Crippen LogP contribution in [0.15, 0.2) is 18.2 Å².